The van der Waals surface area contributed by atoms with E-state index in [2.05, 4.69) is 40.0 Å². The van der Waals surface area contributed by atoms with E-state index in [1.165, 1.54) is 18.5 Å². The van der Waals surface area contributed by atoms with Gasteiger partial charge in [-0.2, -0.15) is 4.98 Å². The van der Waals surface area contributed by atoms with Crippen molar-refractivity contribution in [2.75, 3.05) is 39.0 Å². The molecule has 342 valence electrons. The summed E-state index contributed by atoms with van der Waals surface area (Å²) in [6, 6.07) is 0.0678. The normalized spacial score (nSPS) is 31.9. The smallest absolute Gasteiger partial charge is 0.351 e. The lowest BCUT2D eigenvalue weighted by molar-refractivity contribution is -0.138. The standard InChI is InChI=1S/C12H16FN5O3.C10H13FN6O4.C10H12FN5O5/c1-3-12(6-13)7(2)9(16-17-14)10(21-12)18-5-4-8(19)15-11(18)20;11-3-10(4-18)7(19)6(15-16-13)8(21-10)17-2-1-5(12)14-9(17)20;11-3-10(4-17)7(19)6(14-15-12)8(21-10)16-2-1-5(18)13-9(16)20/h4-5,7,9-10H,3,6H2,1-2H3,(H,15,19,20);1-2,6-8,18-19H,3-4H2,(H2,12,14,20);1-2,6-8,17,19H,3-4H2,(H,13,18,20)/t7-,9-,10+,12-;2*6-,7-,8+,10+/m000/s1. The molecule has 0 spiro atoms. The van der Waals surface area contributed by atoms with Crippen molar-refractivity contribution in [2.24, 2.45) is 21.3 Å². The van der Waals surface area contributed by atoms with E-state index in [1.807, 2.05) is 4.98 Å². The number of nitrogen functional groups attached to an aromatic ring is 1. The Balaban J connectivity index is 0.000000207. The molecule has 0 aromatic carbocycles. The highest BCUT2D eigenvalue weighted by atomic mass is 19.1. The Morgan fingerprint density at radius 1 is 0.714 bits per heavy atom. The van der Waals surface area contributed by atoms with Gasteiger partial charge in [0.1, 0.15) is 79.4 Å². The molecule has 63 heavy (non-hydrogen) atoms. The van der Waals surface area contributed by atoms with Crippen LogP contribution in [0, 0.1) is 5.92 Å². The molecule has 3 fully saturated rings. The van der Waals surface area contributed by atoms with E-state index >= 15 is 0 Å². The van der Waals surface area contributed by atoms with E-state index in [0.29, 0.717) is 6.42 Å². The predicted molar refractivity (Wildman–Crippen MR) is 206 cm³/mol. The quantitative estimate of drug-likeness (QED) is 0.0678. The number of nitrogens with zero attached hydrogens (tertiary/aromatic N) is 13. The number of alkyl halides is 3. The third-order valence-electron chi connectivity index (χ3n) is 10.8. The molecule has 12 atom stereocenters. The zero-order valence-corrected chi connectivity index (χ0v) is 33.0. The van der Waals surface area contributed by atoms with Gasteiger partial charge in [-0.05, 0) is 29.1 Å². The van der Waals surface area contributed by atoms with Crippen LogP contribution in [-0.2, 0) is 14.2 Å². The van der Waals surface area contributed by atoms with Gasteiger partial charge in [0.2, 0.25) is 0 Å². The number of anilines is 1. The molecule has 0 saturated carbocycles. The lowest BCUT2D eigenvalue weighted by Crippen LogP contribution is -2.47. The highest BCUT2D eigenvalue weighted by Crippen LogP contribution is 2.45. The summed E-state index contributed by atoms with van der Waals surface area (Å²) in [6.07, 6.45) is -3.00. The third-order valence-corrected chi connectivity index (χ3v) is 10.8. The predicted octanol–water partition coefficient (Wildman–Crippen LogP) is -0.601. The molecule has 0 amide bonds. The monoisotopic (exact) mass is 898 g/mol. The molecular formula is C32H41F3N16O12. The van der Waals surface area contributed by atoms with Gasteiger partial charge in [-0.25, -0.2) is 27.6 Å². The molecule has 3 aromatic rings. The average Bonchev–Trinajstić information content (AvgIpc) is 3.82. The molecule has 3 aromatic heterocycles. The van der Waals surface area contributed by atoms with Crippen LogP contribution >= 0.6 is 0 Å². The first-order valence-electron chi connectivity index (χ1n) is 18.4. The number of aliphatic hydroxyl groups excluding tert-OH is 4. The van der Waals surface area contributed by atoms with Crippen LogP contribution in [0.4, 0.5) is 19.0 Å². The number of halogens is 3. The van der Waals surface area contributed by atoms with E-state index in [4.69, 9.17) is 36.5 Å². The Morgan fingerprint density at radius 2 is 1.10 bits per heavy atom. The first-order valence-corrected chi connectivity index (χ1v) is 18.4. The van der Waals surface area contributed by atoms with Gasteiger partial charge in [0.05, 0.1) is 19.3 Å². The highest BCUT2D eigenvalue weighted by molar-refractivity contribution is 5.24. The fraction of sp³-hybridized carbons (Fsp3) is 0.625. The number of rotatable bonds is 12. The Kier molecular flexibility index (Phi) is 16.0. The van der Waals surface area contributed by atoms with Gasteiger partial charge >= 0.3 is 17.1 Å². The molecule has 0 unspecified atom stereocenters. The summed E-state index contributed by atoms with van der Waals surface area (Å²) in [5, 5.41) is 48.9. The number of aromatic nitrogens is 6. The number of nitrogens with two attached hydrogens (primary N) is 1. The van der Waals surface area contributed by atoms with Gasteiger partial charge < -0.3 is 40.4 Å². The molecule has 6 heterocycles. The van der Waals surface area contributed by atoms with Crippen molar-refractivity contribution in [1.29, 1.82) is 0 Å². The van der Waals surface area contributed by atoms with Crippen LogP contribution in [0.5, 0.6) is 0 Å². The van der Waals surface area contributed by atoms with Crippen molar-refractivity contribution in [3.63, 3.8) is 0 Å². The lowest BCUT2D eigenvalue weighted by Gasteiger charge is -2.28. The molecule has 3 aliphatic rings. The average molecular weight is 899 g/mol. The lowest BCUT2D eigenvalue weighted by atomic mass is 9.85. The SMILES string of the molecule is CC[C@@]1(CF)O[C@@H](n2ccc(=O)[nH]c2=O)[C@@H](N=[N+]=[N-])[C@@H]1C.[N-]=[N+]=N[C@@H]1[C@H](n2ccc(=O)[nH]c2=O)O[C@@](CO)(CF)[C@H]1O.[N-]=[N+]=N[C@@H]1[C@H](n2ccc(N)nc2=O)O[C@@](CO)(CF)[C@H]1O. The minimum absolute atomic E-state index is 0.0333. The topological polar surface area (TPSA) is 426 Å². The first-order chi connectivity index (χ1) is 30.0. The second kappa shape index (κ2) is 20.6. The molecule has 6 rings (SSSR count). The second-order valence-corrected chi connectivity index (χ2v) is 14.1. The Bertz CT molecular complexity index is 2410. The van der Waals surface area contributed by atoms with Gasteiger partial charge in [-0.1, -0.05) is 29.2 Å². The Hall–Kier alpha value is -6.52. The Morgan fingerprint density at radius 3 is 1.46 bits per heavy atom. The zero-order chi connectivity index (χ0) is 46.9. The minimum Gasteiger partial charge on any atom is -0.393 e. The summed E-state index contributed by atoms with van der Waals surface area (Å²) in [4.78, 5) is 72.9. The van der Waals surface area contributed by atoms with Crippen molar-refractivity contribution < 1.29 is 47.8 Å². The number of hydrogen-bond donors (Lipinski definition) is 7. The summed E-state index contributed by atoms with van der Waals surface area (Å²) < 4.78 is 58.9. The van der Waals surface area contributed by atoms with Crippen molar-refractivity contribution in [3.05, 3.63) is 120 Å². The molecule has 31 heteroatoms. The molecule has 0 radical (unpaired) electrons. The van der Waals surface area contributed by atoms with Gasteiger partial charge in [-0.15, -0.1) is 0 Å². The summed E-state index contributed by atoms with van der Waals surface area (Å²) in [7, 11) is 0. The first kappa shape index (κ1) is 49.1. The van der Waals surface area contributed by atoms with Crippen molar-refractivity contribution in [1.82, 2.24) is 28.7 Å². The van der Waals surface area contributed by atoms with Crippen LogP contribution < -0.4 is 33.9 Å². The van der Waals surface area contributed by atoms with Crippen LogP contribution in [0.2, 0.25) is 0 Å². The number of nitrogens with one attached hydrogen (secondary N) is 2. The molecule has 3 saturated heterocycles. The van der Waals surface area contributed by atoms with Crippen LogP contribution in [0.15, 0.2) is 76.1 Å². The van der Waals surface area contributed by atoms with E-state index < -0.39 is 133 Å². The van der Waals surface area contributed by atoms with Gasteiger partial charge in [0, 0.05) is 51.4 Å². The number of aliphatic hydroxyl groups is 4. The maximum Gasteiger partial charge on any atom is 0.351 e. The van der Waals surface area contributed by atoms with Crippen molar-refractivity contribution in [3.8, 4) is 0 Å². The molecule has 3 aliphatic heterocycles. The second-order valence-electron chi connectivity index (χ2n) is 14.1. The summed E-state index contributed by atoms with van der Waals surface area (Å²) in [5.41, 5.74) is 22.5. The highest BCUT2D eigenvalue weighted by Gasteiger charge is 2.57. The van der Waals surface area contributed by atoms with E-state index in [9.17, 15) is 57.6 Å². The largest absolute Gasteiger partial charge is 0.393 e. The van der Waals surface area contributed by atoms with Gasteiger partial charge in [0.15, 0.2) is 6.23 Å². The summed E-state index contributed by atoms with van der Waals surface area (Å²) in [6.45, 7) is -1.48. The number of H-pyrrole nitrogens is 2. The van der Waals surface area contributed by atoms with Gasteiger partial charge in [-0.3, -0.25) is 33.3 Å². The molecule has 8 N–H and O–H groups in total. The third kappa shape index (κ3) is 9.61. The number of azide groups is 3. The maximum absolute atomic E-state index is 13.5. The van der Waals surface area contributed by atoms with Gasteiger partial charge in [0.25, 0.3) is 11.1 Å². The summed E-state index contributed by atoms with van der Waals surface area (Å²) in [5.74, 6) is -0.443. The van der Waals surface area contributed by atoms with Crippen LogP contribution in [0.1, 0.15) is 39.0 Å². The number of ether oxygens (including phenoxy) is 3. The van der Waals surface area contributed by atoms with Crippen LogP contribution in [0.25, 0.3) is 31.3 Å². The molecule has 28 nitrogen and oxygen atoms in total. The van der Waals surface area contributed by atoms with Crippen LogP contribution in [0.3, 0.4) is 0 Å². The van der Waals surface area contributed by atoms with E-state index in [1.54, 1.807) is 13.8 Å². The Labute approximate surface area is 348 Å². The minimum atomic E-state index is -2.00. The number of aromatic amines is 2. The summed E-state index contributed by atoms with van der Waals surface area (Å²) >= 11 is 0. The maximum atomic E-state index is 13.5. The molecular weight excluding hydrogens is 857 g/mol. The molecule has 0 aliphatic carbocycles. The molecule has 0 bridgehead atoms. The fourth-order valence-corrected chi connectivity index (χ4v) is 7.01. The van der Waals surface area contributed by atoms with Crippen molar-refractivity contribution in [2.45, 2.75) is 86.1 Å². The van der Waals surface area contributed by atoms with Crippen LogP contribution in [-0.4, -0.2) is 129 Å². The van der Waals surface area contributed by atoms with Crippen molar-refractivity contribution >= 4 is 5.82 Å². The zero-order valence-electron chi connectivity index (χ0n) is 33.0. The fourth-order valence-electron chi connectivity index (χ4n) is 7.01. The van der Waals surface area contributed by atoms with E-state index in [0.717, 1.165) is 32.0 Å². The van der Waals surface area contributed by atoms with E-state index in [-0.39, 0.29) is 5.82 Å². The number of hydrogen-bond acceptors (Lipinski definition) is 17.